The standard InChI is InChI=1S/C13H16N6O/c14-12(9-4-5-9)7-15-13(20)10-2-1-3-11(6-10)19-8-16-17-18-19/h1-3,6,8-9,12H,4-5,7,14H2,(H,15,20). The largest absolute Gasteiger partial charge is 0.350 e. The van der Waals surface area contributed by atoms with Gasteiger partial charge < -0.3 is 11.1 Å². The van der Waals surface area contributed by atoms with Crippen LogP contribution < -0.4 is 11.1 Å². The van der Waals surface area contributed by atoms with E-state index in [4.69, 9.17) is 5.73 Å². The second kappa shape index (κ2) is 5.38. The summed E-state index contributed by atoms with van der Waals surface area (Å²) in [5, 5.41) is 13.8. The van der Waals surface area contributed by atoms with Gasteiger partial charge in [0.1, 0.15) is 6.33 Å². The van der Waals surface area contributed by atoms with Crippen molar-refractivity contribution in [3.8, 4) is 5.69 Å². The van der Waals surface area contributed by atoms with E-state index in [1.165, 1.54) is 23.9 Å². The molecule has 1 saturated carbocycles. The SMILES string of the molecule is NC(CNC(=O)c1cccc(-n2cnnn2)c1)C1CC1. The van der Waals surface area contributed by atoms with Gasteiger partial charge in [-0.15, -0.1) is 5.10 Å². The Kier molecular flexibility index (Phi) is 3.42. The van der Waals surface area contributed by atoms with E-state index in [0.717, 1.165) is 5.69 Å². The van der Waals surface area contributed by atoms with Gasteiger partial charge in [0, 0.05) is 18.2 Å². The number of aromatic nitrogens is 4. The molecule has 1 aromatic heterocycles. The molecule has 7 nitrogen and oxygen atoms in total. The van der Waals surface area contributed by atoms with E-state index in [9.17, 15) is 4.79 Å². The zero-order valence-corrected chi connectivity index (χ0v) is 10.9. The van der Waals surface area contributed by atoms with E-state index in [0.29, 0.717) is 18.0 Å². The molecule has 1 fully saturated rings. The van der Waals surface area contributed by atoms with Crippen LogP contribution in [-0.2, 0) is 0 Å². The topological polar surface area (TPSA) is 98.7 Å². The van der Waals surface area contributed by atoms with E-state index in [1.807, 2.05) is 6.07 Å². The van der Waals surface area contributed by atoms with Crippen molar-refractivity contribution in [1.82, 2.24) is 25.5 Å². The van der Waals surface area contributed by atoms with Crippen LogP contribution in [0.5, 0.6) is 0 Å². The first-order chi connectivity index (χ1) is 9.74. The molecule has 3 rings (SSSR count). The highest BCUT2D eigenvalue weighted by atomic mass is 16.1. The van der Waals surface area contributed by atoms with Crippen molar-refractivity contribution in [2.45, 2.75) is 18.9 Å². The van der Waals surface area contributed by atoms with E-state index >= 15 is 0 Å². The van der Waals surface area contributed by atoms with E-state index in [2.05, 4.69) is 20.8 Å². The van der Waals surface area contributed by atoms with Crippen molar-refractivity contribution in [3.63, 3.8) is 0 Å². The van der Waals surface area contributed by atoms with Crippen LogP contribution in [0, 0.1) is 5.92 Å². The number of carbonyl (C=O) groups is 1. The molecule has 1 unspecified atom stereocenters. The predicted octanol–water partition coefficient (Wildman–Crippen LogP) is 0.129. The van der Waals surface area contributed by atoms with Crippen molar-refractivity contribution < 1.29 is 4.79 Å². The lowest BCUT2D eigenvalue weighted by atomic mass is 10.1. The minimum Gasteiger partial charge on any atom is -0.350 e. The van der Waals surface area contributed by atoms with Gasteiger partial charge in [0.15, 0.2) is 0 Å². The van der Waals surface area contributed by atoms with Gasteiger partial charge >= 0.3 is 0 Å². The van der Waals surface area contributed by atoms with Crippen LogP contribution in [0.1, 0.15) is 23.2 Å². The molecule has 1 atom stereocenters. The second-order valence-corrected chi connectivity index (χ2v) is 5.02. The Morgan fingerprint density at radius 2 is 2.35 bits per heavy atom. The van der Waals surface area contributed by atoms with Gasteiger partial charge in [-0.2, -0.15) is 0 Å². The summed E-state index contributed by atoms with van der Waals surface area (Å²) in [6.07, 6.45) is 3.83. The van der Waals surface area contributed by atoms with Gasteiger partial charge in [-0.25, -0.2) is 4.68 Å². The fourth-order valence-corrected chi connectivity index (χ4v) is 2.07. The lowest BCUT2D eigenvalue weighted by Gasteiger charge is -2.12. The molecule has 1 heterocycles. The number of benzene rings is 1. The summed E-state index contributed by atoms with van der Waals surface area (Å²) in [6, 6.07) is 7.19. The summed E-state index contributed by atoms with van der Waals surface area (Å²) in [6.45, 7) is 0.513. The molecule has 1 aliphatic rings. The van der Waals surface area contributed by atoms with Gasteiger partial charge in [-0.3, -0.25) is 4.79 Å². The maximum absolute atomic E-state index is 12.1. The molecular formula is C13H16N6O. The quantitative estimate of drug-likeness (QED) is 0.806. The van der Waals surface area contributed by atoms with Crippen molar-refractivity contribution in [3.05, 3.63) is 36.2 Å². The number of nitrogens with two attached hydrogens (primary N) is 1. The van der Waals surface area contributed by atoms with E-state index < -0.39 is 0 Å². The molecule has 0 radical (unpaired) electrons. The number of amides is 1. The minimum atomic E-state index is -0.129. The lowest BCUT2D eigenvalue weighted by Crippen LogP contribution is -2.38. The molecule has 3 N–H and O–H groups in total. The first-order valence-electron chi connectivity index (χ1n) is 6.61. The third-order valence-corrected chi connectivity index (χ3v) is 3.45. The molecule has 0 spiro atoms. The van der Waals surface area contributed by atoms with Crippen LogP contribution in [0.4, 0.5) is 0 Å². The van der Waals surface area contributed by atoms with Crippen LogP contribution in [0.2, 0.25) is 0 Å². The van der Waals surface area contributed by atoms with Gasteiger partial charge in [0.25, 0.3) is 5.91 Å². The maximum atomic E-state index is 12.1. The molecule has 2 aromatic rings. The zero-order valence-electron chi connectivity index (χ0n) is 10.9. The van der Waals surface area contributed by atoms with E-state index in [1.54, 1.807) is 18.2 Å². The van der Waals surface area contributed by atoms with Crippen molar-refractivity contribution in [2.75, 3.05) is 6.54 Å². The number of nitrogens with zero attached hydrogens (tertiary/aromatic N) is 4. The number of hydrogen-bond donors (Lipinski definition) is 2. The Balaban J connectivity index is 1.66. The van der Waals surface area contributed by atoms with Crippen molar-refractivity contribution >= 4 is 5.91 Å². The molecule has 1 amide bonds. The maximum Gasteiger partial charge on any atom is 0.251 e. The molecule has 1 aromatic carbocycles. The summed E-state index contributed by atoms with van der Waals surface area (Å²) >= 11 is 0. The molecule has 0 aliphatic heterocycles. The molecule has 0 saturated heterocycles. The number of hydrogen-bond acceptors (Lipinski definition) is 5. The highest BCUT2D eigenvalue weighted by Gasteiger charge is 2.28. The number of tetrazole rings is 1. The summed E-state index contributed by atoms with van der Waals surface area (Å²) in [4.78, 5) is 12.1. The summed E-state index contributed by atoms with van der Waals surface area (Å²) in [5.41, 5.74) is 7.28. The molecular weight excluding hydrogens is 256 g/mol. The van der Waals surface area contributed by atoms with Gasteiger partial charge in [0.2, 0.25) is 0 Å². The molecule has 20 heavy (non-hydrogen) atoms. The van der Waals surface area contributed by atoms with Crippen LogP contribution in [-0.4, -0.2) is 38.7 Å². The Labute approximate surface area is 116 Å². The molecule has 104 valence electrons. The monoisotopic (exact) mass is 272 g/mol. The van der Waals surface area contributed by atoms with Crippen molar-refractivity contribution in [1.29, 1.82) is 0 Å². The van der Waals surface area contributed by atoms with Crippen molar-refractivity contribution in [2.24, 2.45) is 11.7 Å². The number of rotatable bonds is 5. The van der Waals surface area contributed by atoms with E-state index in [-0.39, 0.29) is 11.9 Å². The molecule has 0 bridgehead atoms. The molecule has 1 aliphatic carbocycles. The van der Waals surface area contributed by atoms with Crippen LogP contribution >= 0.6 is 0 Å². The average Bonchev–Trinajstić information content (AvgIpc) is 3.19. The van der Waals surface area contributed by atoms with Gasteiger partial charge in [-0.1, -0.05) is 6.07 Å². The smallest absolute Gasteiger partial charge is 0.251 e. The zero-order chi connectivity index (χ0) is 13.9. The summed E-state index contributed by atoms with van der Waals surface area (Å²) in [5.74, 6) is 0.443. The Hall–Kier alpha value is -2.28. The fraction of sp³-hybridized carbons (Fsp3) is 0.385. The van der Waals surface area contributed by atoms with Gasteiger partial charge in [0.05, 0.1) is 5.69 Å². The van der Waals surface area contributed by atoms with Gasteiger partial charge in [-0.05, 0) is 47.4 Å². The summed E-state index contributed by atoms with van der Waals surface area (Å²) in [7, 11) is 0. The predicted molar refractivity (Wildman–Crippen MR) is 72.2 cm³/mol. The molecule has 7 heteroatoms. The Bertz CT molecular complexity index is 593. The highest BCUT2D eigenvalue weighted by molar-refractivity contribution is 5.94. The first kappa shape index (κ1) is 12.7. The third kappa shape index (κ3) is 2.83. The number of nitrogens with one attached hydrogen (secondary N) is 1. The van der Waals surface area contributed by atoms with Crippen LogP contribution in [0.3, 0.4) is 0 Å². The fourth-order valence-electron chi connectivity index (χ4n) is 2.07. The highest BCUT2D eigenvalue weighted by Crippen LogP contribution is 2.31. The lowest BCUT2D eigenvalue weighted by molar-refractivity contribution is 0.0950. The van der Waals surface area contributed by atoms with Crippen LogP contribution in [0.15, 0.2) is 30.6 Å². The average molecular weight is 272 g/mol. The minimum absolute atomic E-state index is 0.0571. The third-order valence-electron chi connectivity index (χ3n) is 3.45. The normalized spacial score (nSPS) is 15.8. The second-order valence-electron chi connectivity index (χ2n) is 5.02. The first-order valence-corrected chi connectivity index (χ1v) is 6.61. The summed E-state index contributed by atoms with van der Waals surface area (Å²) < 4.78 is 1.51. The van der Waals surface area contributed by atoms with Crippen LogP contribution in [0.25, 0.3) is 5.69 Å². The Morgan fingerprint density at radius 1 is 1.50 bits per heavy atom. The number of carbonyl (C=O) groups excluding carboxylic acids is 1. The Morgan fingerprint density at radius 3 is 3.05 bits per heavy atom.